The van der Waals surface area contributed by atoms with Crippen molar-refractivity contribution in [3.8, 4) is 5.69 Å². The van der Waals surface area contributed by atoms with Crippen molar-refractivity contribution < 1.29 is 4.79 Å². The van der Waals surface area contributed by atoms with Gasteiger partial charge in [-0.1, -0.05) is 36.4 Å². The number of benzene rings is 2. The fourth-order valence-corrected chi connectivity index (χ4v) is 6.10. The van der Waals surface area contributed by atoms with Crippen LogP contribution >= 0.6 is 0 Å². The summed E-state index contributed by atoms with van der Waals surface area (Å²) in [5.41, 5.74) is 4.91. The Hall–Kier alpha value is -2.92. The van der Waals surface area contributed by atoms with E-state index < -0.39 is 0 Å². The molecule has 7 rings (SSSR count). The van der Waals surface area contributed by atoms with Crippen LogP contribution in [0.25, 0.3) is 5.69 Å². The SMILES string of the molecule is O=C(C[C@@H]1CN2CCC1CC2)N1CCc2ccccc2[C@@H]1c1ccc(-n2ccnc2)cc1. The lowest BCUT2D eigenvalue weighted by Crippen LogP contribution is -2.49. The highest BCUT2D eigenvalue weighted by Crippen LogP contribution is 2.39. The third-order valence-corrected chi connectivity index (χ3v) is 7.84. The second-order valence-corrected chi connectivity index (χ2v) is 9.60. The van der Waals surface area contributed by atoms with Gasteiger partial charge in [0.2, 0.25) is 5.91 Å². The van der Waals surface area contributed by atoms with E-state index in [1.165, 1.54) is 42.6 Å². The minimum Gasteiger partial charge on any atom is -0.331 e. The molecule has 0 aliphatic carbocycles. The van der Waals surface area contributed by atoms with Crippen molar-refractivity contribution in [2.45, 2.75) is 31.7 Å². The smallest absolute Gasteiger partial charge is 0.223 e. The summed E-state index contributed by atoms with van der Waals surface area (Å²) in [6.45, 7) is 4.34. The lowest BCUT2D eigenvalue weighted by molar-refractivity contribution is -0.136. The third-order valence-electron chi connectivity index (χ3n) is 7.84. The van der Waals surface area contributed by atoms with Gasteiger partial charge in [-0.05, 0) is 73.0 Å². The van der Waals surface area contributed by atoms with Gasteiger partial charge in [-0.25, -0.2) is 4.98 Å². The van der Waals surface area contributed by atoms with Gasteiger partial charge in [-0.15, -0.1) is 0 Å². The molecule has 5 heterocycles. The van der Waals surface area contributed by atoms with Crippen LogP contribution in [0.1, 0.15) is 42.0 Å². The molecule has 5 nitrogen and oxygen atoms in total. The molecule has 5 heteroatoms. The Balaban J connectivity index is 1.30. The molecule has 3 aromatic rings. The molecular weight excluding hydrogens is 396 g/mol. The van der Waals surface area contributed by atoms with Crippen molar-refractivity contribution in [3.05, 3.63) is 83.9 Å². The maximum Gasteiger partial charge on any atom is 0.223 e. The predicted octanol–water partition coefficient (Wildman–Crippen LogP) is 4.08. The van der Waals surface area contributed by atoms with Crippen molar-refractivity contribution in [2.24, 2.45) is 11.8 Å². The van der Waals surface area contributed by atoms with E-state index in [1.54, 1.807) is 6.20 Å². The van der Waals surface area contributed by atoms with Crippen LogP contribution in [0.5, 0.6) is 0 Å². The number of fused-ring (bicyclic) bond motifs is 4. The zero-order valence-electron chi connectivity index (χ0n) is 18.4. The summed E-state index contributed by atoms with van der Waals surface area (Å²) < 4.78 is 2.01. The van der Waals surface area contributed by atoms with Gasteiger partial charge in [0, 0.05) is 37.6 Å². The second-order valence-electron chi connectivity index (χ2n) is 9.60. The molecule has 1 aromatic heterocycles. The van der Waals surface area contributed by atoms with E-state index in [-0.39, 0.29) is 6.04 Å². The summed E-state index contributed by atoms with van der Waals surface area (Å²) in [6.07, 6.45) is 9.71. The molecule has 0 radical (unpaired) electrons. The number of carbonyl (C=O) groups excluding carboxylic acids is 1. The number of piperidine rings is 3. The quantitative estimate of drug-likeness (QED) is 0.631. The van der Waals surface area contributed by atoms with Crippen molar-refractivity contribution in [1.29, 1.82) is 0 Å². The second kappa shape index (κ2) is 8.21. The lowest BCUT2D eigenvalue weighted by atomic mass is 9.77. The number of rotatable bonds is 4. The molecule has 32 heavy (non-hydrogen) atoms. The molecule has 3 saturated heterocycles. The van der Waals surface area contributed by atoms with Crippen molar-refractivity contribution >= 4 is 5.91 Å². The van der Waals surface area contributed by atoms with Gasteiger partial charge in [0.1, 0.15) is 0 Å². The van der Waals surface area contributed by atoms with Gasteiger partial charge in [0.25, 0.3) is 0 Å². The molecule has 4 aliphatic rings. The molecule has 0 N–H and O–H groups in total. The van der Waals surface area contributed by atoms with Gasteiger partial charge in [0.05, 0.1) is 12.4 Å². The number of imidazole rings is 1. The normalized spacial score (nSPS) is 26.7. The fraction of sp³-hybridized carbons (Fsp3) is 0.407. The Morgan fingerprint density at radius 2 is 1.81 bits per heavy atom. The first kappa shape index (κ1) is 19.7. The molecule has 1 amide bonds. The fourth-order valence-electron chi connectivity index (χ4n) is 6.10. The first-order valence-corrected chi connectivity index (χ1v) is 11.9. The highest BCUT2D eigenvalue weighted by Gasteiger charge is 2.38. The Labute approximate surface area is 189 Å². The number of hydrogen-bond acceptors (Lipinski definition) is 3. The minimum atomic E-state index is -0.00892. The molecule has 4 aliphatic heterocycles. The number of aromatic nitrogens is 2. The maximum absolute atomic E-state index is 13.7. The number of hydrogen-bond donors (Lipinski definition) is 0. The first-order chi connectivity index (χ1) is 15.8. The van der Waals surface area contributed by atoms with Crippen molar-refractivity contribution in [3.63, 3.8) is 0 Å². The Morgan fingerprint density at radius 1 is 1.00 bits per heavy atom. The largest absolute Gasteiger partial charge is 0.331 e. The Bertz CT molecular complexity index is 1080. The summed E-state index contributed by atoms with van der Waals surface area (Å²) in [4.78, 5) is 22.5. The van der Waals surface area contributed by atoms with E-state index in [0.717, 1.165) is 31.1 Å². The number of amides is 1. The minimum absolute atomic E-state index is 0.00892. The molecule has 0 unspecified atom stereocenters. The van der Waals surface area contributed by atoms with Gasteiger partial charge in [-0.3, -0.25) is 4.79 Å². The third kappa shape index (κ3) is 3.55. The lowest BCUT2D eigenvalue weighted by Gasteiger charge is -2.46. The van der Waals surface area contributed by atoms with Gasteiger partial charge >= 0.3 is 0 Å². The van der Waals surface area contributed by atoms with E-state index >= 15 is 0 Å². The average molecular weight is 427 g/mol. The average Bonchev–Trinajstić information content (AvgIpc) is 3.39. The number of nitrogens with zero attached hydrogens (tertiary/aromatic N) is 4. The molecule has 2 atom stereocenters. The predicted molar refractivity (Wildman–Crippen MR) is 125 cm³/mol. The first-order valence-electron chi connectivity index (χ1n) is 11.9. The zero-order chi connectivity index (χ0) is 21.5. The highest BCUT2D eigenvalue weighted by molar-refractivity contribution is 5.78. The zero-order valence-corrected chi connectivity index (χ0v) is 18.4. The van der Waals surface area contributed by atoms with Crippen molar-refractivity contribution in [2.75, 3.05) is 26.2 Å². The van der Waals surface area contributed by atoms with Crippen LogP contribution in [0, 0.1) is 11.8 Å². The summed E-state index contributed by atoms with van der Waals surface area (Å²) in [5.74, 6) is 1.57. The summed E-state index contributed by atoms with van der Waals surface area (Å²) in [7, 11) is 0. The van der Waals surface area contributed by atoms with Crippen LogP contribution in [0.2, 0.25) is 0 Å². The summed E-state index contributed by atoms with van der Waals surface area (Å²) in [6, 6.07) is 17.2. The monoisotopic (exact) mass is 426 g/mol. The Kier molecular flexibility index (Phi) is 5.07. The van der Waals surface area contributed by atoms with E-state index in [1.807, 2.05) is 17.1 Å². The molecule has 0 saturated carbocycles. The molecular formula is C27H30N4O. The van der Waals surface area contributed by atoms with Crippen LogP contribution in [0.15, 0.2) is 67.3 Å². The highest BCUT2D eigenvalue weighted by atomic mass is 16.2. The molecule has 164 valence electrons. The van der Waals surface area contributed by atoms with Gasteiger partial charge in [0.15, 0.2) is 0 Å². The number of carbonyl (C=O) groups is 1. The van der Waals surface area contributed by atoms with Crippen LogP contribution in [-0.2, 0) is 11.2 Å². The van der Waals surface area contributed by atoms with Gasteiger partial charge in [-0.2, -0.15) is 0 Å². The molecule has 3 fully saturated rings. The standard InChI is InChI=1S/C27H30N4O/c32-26(17-23-18-29-13-9-20(23)10-14-29)31-15-11-21-3-1-2-4-25(21)27(31)22-5-7-24(8-6-22)30-16-12-28-19-30/h1-8,12,16,19-20,23,27H,9-11,13-15,17-18H2/t23-,27+/m1/s1. The van der Waals surface area contributed by atoms with Crippen LogP contribution in [0.4, 0.5) is 0 Å². The van der Waals surface area contributed by atoms with Crippen LogP contribution in [-0.4, -0.2) is 51.4 Å². The topological polar surface area (TPSA) is 41.4 Å². The summed E-state index contributed by atoms with van der Waals surface area (Å²) >= 11 is 0. The Morgan fingerprint density at radius 3 is 2.53 bits per heavy atom. The van der Waals surface area contributed by atoms with E-state index in [0.29, 0.717) is 18.2 Å². The van der Waals surface area contributed by atoms with E-state index in [4.69, 9.17) is 0 Å². The maximum atomic E-state index is 13.7. The molecule has 0 spiro atoms. The summed E-state index contributed by atoms with van der Waals surface area (Å²) in [5, 5.41) is 0. The molecule has 2 aromatic carbocycles. The van der Waals surface area contributed by atoms with Crippen LogP contribution < -0.4 is 0 Å². The van der Waals surface area contributed by atoms with Crippen LogP contribution in [0.3, 0.4) is 0 Å². The van der Waals surface area contributed by atoms with Crippen molar-refractivity contribution in [1.82, 2.24) is 19.4 Å². The van der Waals surface area contributed by atoms with E-state index in [2.05, 4.69) is 63.3 Å². The molecule has 2 bridgehead atoms. The van der Waals surface area contributed by atoms with E-state index in [9.17, 15) is 4.79 Å². The van der Waals surface area contributed by atoms with Gasteiger partial charge < -0.3 is 14.4 Å².